The van der Waals surface area contributed by atoms with Crippen molar-refractivity contribution >= 4 is 11.6 Å². The number of hydrogen-bond donors (Lipinski definition) is 2. The van der Waals surface area contributed by atoms with Gasteiger partial charge in [0.1, 0.15) is 5.69 Å². The van der Waals surface area contributed by atoms with Crippen LogP contribution in [0.2, 0.25) is 0 Å². The minimum absolute atomic E-state index is 0.0844. The molecule has 0 bridgehead atoms. The molecular formula is C14H22N4O. The first kappa shape index (κ1) is 13.8. The van der Waals surface area contributed by atoms with E-state index in [1.807, 2.05) is 13.1 Å². The number of rotatable bonds is 3. The van der Waals surface area contributed by atoms with Crippen molar-refractivity contribution in [1.29, 1.82) is 0 Å². The molecule has 2 unspecified atom stereocenters. The van der Waals surface area contributed by atoms with Crippen LogP contribution in [0, 0.1) is 0 Å². The summed E-state index contributed by atoms with van der Waals surface area (Å²) < 4.78 is 0. The molecule has 1 aliphatic rings. The van der Waals surface area contributed by atoms with Gasteiger partial charge in [-0.15, -0.1) is 0 Å². The molecule has 19 heavy (non-hydrogen) atoms. The predicted molar refractivity (Wildman–Crippen MR) is 76.4 cm³/mol. The van der Waals surface area contributed by atoms with Gasteiger partial charge in [-0.1, -0.05) is 0 Å². The first-order valence-electron chi connectivity index (χ1n) is 6.75. The third-order valence-electron chi connectivity index (χ3n) is 3.82. The number of carbonyl (C=O) groups is 1. The quantitative estimate of drug-likeness (QED) is 0.863. The number of hydrogen-bond acceptors (Lipinski definition) is 4. The molecule has 1 aromatic rings. The summed E-state index contributed by atoms with van der Waals surface area (Å²) >= 11 is 0. The van der Waals surface area contributed by atoms with E-state index in [2.05, 4.69) is 34.5 Å². The summed E-state index contributed by atoms with van der Waals surface area (Å²) in [5.41, 5.74) is 1.37. The number of nitrogens with zero attached hydrogens (tertiary/aromatic N) is 2. The van der Waals surface area contributed by atoms with Crippen LogP contribution in [0.4, 0.5) is 5.69 Å². The van der Waals surface area contributed by atoms with Crippen molar-refractivity contribution in [3.8, 4) is 0 Å². The van der Waals surface area contributed by atoms with Crippen LogP contribution in [0.25, 0.3) is 0 Å². The van der Waals surface area contributed by atoms with Gasteiger partial charge in [0.15, 0.2) is 0 Å². The van der Waals surface area contributed by atoms with Gasteiger partial charge in [0, 0.05) is 37.6 Å². The van der Waals surface area contributed by atoms with E-state index in [1.165, 1.54) is 0 Å². The van der Waals surface area contributed by atoms with Gasteiger partial charge in [0.2, 0.25) is 0 Å². The largest absolute Gasteiger partial charge is 0.388 e. The number of nitrogens with one attached hydrogen (secondary N) is 2. The molecule has 2 heterocycles. The molecule has 0 aliphatic carbocycles. The Morgan fingerprint density at radius 1 is 1.53 bits per heavy atom. The predicted octanol–water partition coefficient (Wildman–Crippen LogP) is 1.34. The lowest BCUT2D eigenvalue weighted by atomic mass is 9.99. The summed E-state index contributed by atoms with van der Waals surface area (Å²) in [6, 6.07) is 4.37. The van der Waals surface area contributed by atoms with E-state index >= 15 is 0 Å². The van der Waals surface area contributed by atoms with Gasteiger partial charge < -0.3 is 15.5 Å². The molecule has 1 saturated heterocycles. The molecule has 0 spiro atoms. The maximum Gasteiger partial charge on any atom is 0.270 e. The Morgan fingerprint density at radius 3 is 3.00 bits per heavy atom. The number of likely N-dealkylation sites (tertiary alicyclic amines) is 1. The molecule has 1 amide bonds. The monoisotopic (exact) mass is 262 g/mol. The molecule has 1 aliphatic heterocycles. The minimum atomic E-state index is -0.0844. The van der Waals surface area contributed by atoms with Crippen LogP contribution in [0.5, 0.6) is 0 Å². The summed E-state index contributed by atoms with van der Waals surface area (Å²) in [6.45, 7) is 3.22. The van der Waals surface area contributed by atoms with Gasteiger partial charge in [0.05, 0.1) is 0 Å². The van der Waals surface area contributed by atoms with Crippen LogP contribution in [0.15, 0.2) is 18.3 Å². The lowest BCUT2D eigenvalue weighted by molar-refractivity contribution is 0.0891. The number of amides is 1. The Balaban J connectivity index is 1.97. The van der Waals surface area contributed by atoms with Crippen LogP contribution >= 0.6 is 0 Å². The molecular weight excluding hydrogens is 240 g/mol. The number of anilines is 1. The van der Waals surface area contributed by atoms with Crippen molar-refractivity contribution < 1.29 is 4.79 Å². The third-order valence-corrected chi connectivity index (χ3v) is 3.82. The van der Waals surface area contributed by atoms with E-state index in [9.17, 15) is 4.79 Å². The fourth-order valence-electron chi connectivity index (χ4n) is 2.39. The van der Waals surface area contributed by atoms with Crippen molar-refractivity contribution in [2.45, 2.75) is 31.8 Å². The van der Waals surface area contributed by atoms with Crippen LogP contribution in [-0.4, -0.2) is 48.5 Å². The van der Waals surface area contributed by atoms with Crippen LogP contribution < -0.4 is 10.6 Å². The zero-order chi connectivity index (χ0) is 13.8. The summed E-state index contributed by atoms with van der Waals surface area (Å²) in [5, 5.41) is 6.09. The van der Waals surface area contributed by atoms with Crippen LogP contribution in [-0.2, 0) is 0 Å². The maximum absolute atomic E-state index is 12.2. The molecule has 104 valence electrons. The highest BCUT2D eigenvalue weighted by atomic mass is 16.1. The Kier molecular flexibility index (Phi) is 4.37. The zero-order valence-electron chi connectivity index (χ0n) is 11.8. The molecule has 2 rings (SSSR count). The fourth-order valence-corrected chi connectivity index (χ4v) is 2.39. The lowest BCUT2D eigenvalue weighted by Crippen LogP contribution is -2.47. The average molecular weight is 262 g/mol. The second kappa shape index (κ2) is 6.02. The van der Waals surface area contributed by atoms with Crippen molar-refractivity contribution in [2.24, 2.45) is 0 Å². The highest BCUT2D eigenvalue weighted by molar-refractivity contribution is 5.93. The standard InChI is InChI=1S/C14H22N4O/c1-10-8-12(5-7-18(10)3)17-14(19)13-9-11(15-2)4-6-16-13/h4,6,9-10,12H,5,7-8H2,1-3H3,(H,15,16)(H,17,19). The van der Waals surface area contributed by atoms with Crippen LogP contribution in [0.3, 0.4) is 0 Å². The highest BCUT2D eigenvalue weighted by Crippen LogP contribution is 2.16. The third kappa shape index (κ3) is 3.44. The fraction of sp³-hybridized carbons (Fsp3) is 0.571. The normalized spacial score (nSPS) is 23.9. The summed E-state index contributed by atoms with van der Waals surface area (Å²) in [4.78, 5) is 18.6. The topological polar surface area (TPSA) is 57.3 Å². The molecule has 5 heteroatoms. The van der Waals surface area contributed by atoms with E-state index in [4.69, 9.17) is 0 Å². The van der Waals surface area contributed by atoms with Gasteiger partial charge >= 0.3 is 0 Å². The number of piperidine rings is 1. The Bertz CT molecular complexity index is 449. The van der Waals surface area contributed by atoms with Gasteiger partial charge in [-0.05, 0) is 38.9 Å². The maximum atomic E-state index is 12.2. The summed E-state index contributed by atoms with van der Waals surface area (Å²) in [5.74, 6) is -0.0844. The second-order valence-electron chi connectivity index (χ2n) is 5.20. The summed E-state index contributed by atoms with van der Waals surface area (Å²) in [7, 11) is 3.95. The molecule has 5 nitrogen and oxygen atoms in total. The van der Waals surface area contributed by atoms with E-state index in [0.717, 1.165) is 25.1 Å². The lowest BCUT2D eigenvalue weighted by Gasteiger charge is -2.35. The zero-order valence-corrected chi connectivity index (χ0v) is 11.8. The van der Waals surface area contributed by atoms with Gasteiger partial charge in [-0.2, -0.15) is 0 Å². The molecule has 2 N–H and O–H groups in total. The van der Waals surface area contributed by atoms with Gasteiger partial charge in [-0.25, -0.2) is 0 Å². The van der Waals surface area contributed by atoms with E-state index in [1.54, 1.807) is 12.3 Å². The van der Waals surface area contributed by atoms with Crippen molar-refractivity contribution in [2.75, 3.05) is 26.0 Å². The SMILES string of the molecule is CNc1ccnc(C(=O)NC2CCN(C)C(C)C2)c1. The number of pyridine rings is 1. The molecule has 0 saturated carbocycles. The Hall–Kier alpha value is -1.62. The Labute approximate surface area is 114 Å². The van der Waals surface area contributed by atoms with Gasteiger partial charge in [0.25, 0.3) is 5.91 Å². The first-order chi connectivity index (χ1) is 9.10. The second-order valence-corrected chi connectivity index (χ2v) is 5.20. The van der Waals surface area contributed by atoms with Gasteiger partial charge in [-0.3, -0.25) is 9.78 Å². The average Bonchev–Trinajstić information content (AvgIpc) is 2.43. The molecule has 0 radical (unpaired) electrons. The first-order valence-corrected chi connectivity index (χ1v) is 6.75. The molecule has 1 fully saturated rings. The van der Waals surface area contributed by atoms with Crippen LogP contribution in [0.1, 0.15) is 30.3 Å². The van der Waals surface area contributed by atoms with Crippen molar-refractivity contribution in [3.05, 3.63) is 24.0 Å². The summed E-state index contributed by atoms with van der Waals surface area (Å²) in [6.07, 6.45) is 3.64. The van der Waals surface area contributed by atoms with E-state index < -0.39 is 0 Å². The van der Waals surface area contributed by atoms with Crippen molar-refractivity contribution in [3.63, 3.8) is 0 Å². The molecule has 0 aromatic carbocycles. The minimum Gasteiger partial charge on any atom is -0.388 e. The number of carbonyl (C=O) groups excluding carboxylic acids is 1. The smallest absolute Gasteiger partial charge is 0.270 e. The Morgan fingerprint density at radius 2 is 2.32 bits per heavy atom. The molecule has 1 aromatic heterocycles. The van der Waals surface area contributed by atoms with E-state index in [-0.39, 0.29) is 11.9 Å². The van der Waals surface area contributed by atoms with E-state index in [0.29, 0.717) is 11.7 Å². The molecule has 2 atom stereocenters. The number of aromatic nitrogens is 1. The van der Waals surface area contributed by atoms with Crippen molar-refractivity contribution in [1.82, 2.24) is 15.2 Å². The highest BCUT2D eigenvalue weighted by Gasteiger charge is 2.24.